The molecule has 0 saturated heterocycles. The number of nitro groups is 1. The van der Waals surface area contributed by atoms with Crippen molar-refractivity contribution in [1.29, 1.82) is 0 Å². The van der Waals surface area contributed by atoms with Crippen molar-refractivity contribution in [2.75, 3.05) is 25.0 Å². The van der Waals surface area contributed by atoms with Gasteiger partial charge in [-0.25, -0.2) is 4.79 Å². The van der Waals surface area contributed by atoms with Gasteiger partial charge >= 0.3 is 12.0 Å². The number of nitrogens with zero attached hydrogens (tertiary/aromatic N) is 2. The Labute approximate surface area is 121 Å². The minimum atomic E-state index is -0.523. The van der Waals surface area contributed by atoms with E-state index >= 15 is 0 Å². The topological polar surface area (TPSA) is 102 Å². The molecule has 21 heavy (non-hydrogen) atoms. The van der Waals surface area contributed by atoms with Crippen molar-refractivity contribution in [3.63, 3.8) is 0 Å². The van der Waals surface area contributed by atoms with E-state index in [1.807, 2.05) is 0 Å². The molecular weight excluding hydrogens is 278 g/mol. The number of nitrogens with one attached hydrogen (secondary N) is 1. The molecule has 0 bridgehead atoms. The van der Waals surface area contributed by atoms with Gasteiger partial charge in [-0.1, -0.05) is 0 Å². The molecule has 0 aliphatic rings. The molecule has 2 amide bonds. The van der Waals surface area contributed by atoms with Gasteiger partial charge in [-0.05, 0) is 26.0 Å². The highest BCUT2D eigenvalue weighted by molar-refractivity contribution is 5.91. The van der Waals surface area contributed by atoms with E-state index in [0.717, 1.165) is 0 Å². The highest BCUT2D eigenvalue weighted by Crippen LogP contribution is 2.15. The number of carbonyl (C=O) groups excluding carboxylic acids is 2. The number of urea groups is 1. The van der Waals surface area contributed by atoms with Crippen LogP contribution in [0.3, 0.4) is 0 Å². The van der Waals surface area contributed by atoms with E-state index in [1.165, 1.54) is 29.2 Å². The summed E-state index contributed by atoms with van der Waals surface area (Å²) in [6.07, 6.45) is 0. The van der Waals surface area contributed by atoms with Gasteiger partial charge in [-0.3, -0.25) is 14.9 Å². The molecule has 114 valence electrons. The Hall–Kier alpha value is -2.64. The molecular formula is C13H17N3O5. The zero-order valence-corrected chi connectivity index (χ0v) is 11.9. The maximum absolute atomic E-state index is 12.0. The van der Waals surface area contributed by atoms with Crippen LogP contribution in [0, 0.1) is 10.1 Å². The smallest absolute Gasteiger partial charge is 0.325 e. The predicted octanol–water partition coefficient (Wildman–Crippen LogP) is 2.01. The number of benzene rings is 1. The number of nitro benzene ring substituents is 1. The number of hydrogen-bond donors (Lipinski definition) is 1. The van der Waals surface area contributed by atoms with Gasteiger partial charge in [0, 0.05) is 24.4 Å². The van der Waals surface area contributed by atoms with Crippen LogP contribution in [0.2, 0.25) is 0 Å². The van der Waals surface area contributed by atoms with Crippen LogP contribution >= 0.6 is 0 Å². The summed E-state index contributed by atoms with van der Waals surface area (Å²) >= 11 is 0. The van der Waals surface area contributed by atoms with Gasteiger partial charge in [0.1, 0.15) is 6.54 Å². The number of ether oxygens (including phenoxy) is 1. The first kappa shape index (κ1) is 16.4. The fourth-order valence-electron chi connectivity index (χ4n) is 1.56. The molecule has 1 aromatic rings. The van der Waals surface area contributed by atoms with Gasteiger partial charge < -0.3 is 15.0 Å². The zero-order chi connectivity index (χ0) is 15.8. The fraction of sp³-hybridized carbons (Fsp3) is 0.385. The third-order valence-corrected chi connectivity index (χ3v) is 2.62. The van der Waals surface area contributed by atoms with Crippen molar-refractivity contribution >= 4 is 23.4 Å². The van der Waals surface area contributed by atoms with Crippen molar-refractivity contribution in [3.8, 4) is 0 Å². The van der Waals surface area contributed by atoms with Crippen molar-refractivity contribution in [3.05, 3.63) is 34.4 Å². The van der Waals surface area contributed by atoms with E-state index in [-0.39, 0.29) is 18.8 Å². The Morgan fingerprint density at radius 1 is 1.29 bits per heavy atom. The van der Waals surface area contributed by atoms with E-state index in [2.05, 4.69) is 5.32 Å². The van der Waals surface area contributed by atoms with Gasteiger partial charge in [0.05, 0.1) is 11.5 Å². The lowest BCUT2D eigenvalue weighted by Gasteiger charge is -2.20. The number of hydrogen-bond acceptors (Lipinski definition) is 5. The molecule has 0 unspecified atom stereocenters. The summed E-state index contributed by atoms with van der Waals surface area (Å²) in [6, 6.07) is 4.95. The molecule has 0 aliphatic heterocycles. The third-order valence-electron chi connectivity index (χ3n) is 2.62. The minimum Gasteiger partial charge on any atom is -0.465 e. The quantitative estimate of drug-likeness (QED) is 0.491. The third kappa shape index (κ3) is 5.09. The van der Waals surface area contributed by atoms with Gasteiger partial charge in [0.2, 0.25) is 0 Å². The fourth-order valence-corrected chi connectivity index (χ4v) is 1.56. The first-order valence-electron chi connectivity index (χ1n) is 6.43. The molecule has 1 N–H and O–H groups in total. The summed E-state index contributed by atoms with van der Waals surface area (Å²) in [5, 5.41) is 13.1. The molecule has 0 fully saturated rings. The lowest BCUT2D eigenvalue weighted by Crippen LogP contribution is -2.39. The summed E-state index contributed by atoms with van der Waals surface area (Å²) < 4.78 is 4.78. The largest absolute Gasteiger partial charge is 0.465 e. The monoisotopic (exact) mass is 295 g/mol. The Morgan fingerprint density at radius 3 is 2.38 bits per heavy atom. The molecule has 0 spiro atoms. The molecule has 0 heterocycles. The predicted molar refractivity (Wildman–Crippen MR) is 76.0 cm³/mol. The number of anilines is 1. The molecule has 0 aliphatic carbocycles. The van der Waals surface area contributed by atoms with E-state index in [1.54, 1.807) is 13.8 Å². The lowest BCUT2D eigenvalue weighted by atomic mass is 10.3. The number of non-ortho nitro benzene ring substituents is 1. The van der Waals surface area contributed by atoms with Gasteiger partial charge in [-0.2, -0.15) is 0 Å². The Balaban J connectivity index is 2.65. The summed E-state index contributed by atoms with van der Waals surface area (Å²) in [6.45, 7) is 3.85. The average molecular weight is 295 g/mol. The number of esters is 1. The van der Waals surface area contributed by atoms with Crippen molar-refractivity contribution < 1.29 is 19.2 Å². The number of likely N-dealkylation sites (N-methyl/N-ethyl adjacent to an activating group) is 1. The summed E-state index contributed by atoms with van der Waals surface area (Å²) in [5.74, 6) is -0.488. The van der Waals surface area contributed by atoms with Gasteiger partial charge in [-0.15, -0.1) is 0 Å². The molecule has 0 atom stereocenters. The highest BCUT2D eigenvalue weighted by Gasteiger charge is 2.16. The second-order valence-corrected chi connectivity index (χ2v) is 4.05. The van der Waals surface area contributed by atoms with E-state index in [0.29, 0.717) is 12.2 Å². The molecule has 1 aromatic carbocycles. The SMILES string of the molecule is CCOC(=O)CN(CC)C(=O)Nc1ccc([N+](=O)[O-])cc1. The molecule has 8 heteroatoms. The van der Waals surface area contributed by atoms with Crippen LogP contribution in [0.1, 0.15) is 13.8 Å². The summed E-state index contributed by atoms with van der Waals surface area (Å²) in [7, 11) is 0. The minimum absolute atomic E-state index is 0.0631. The Bertz CT molecular complexity index is 515. The van der Waals surface area contributed by atoms with Crippen LogP contribution in [0.5, 0.6) is 0 Å². The average Bonchev–Trinajstić information content (AvgIpc) is 2.45. The standard InChI is InChI=1S/C13H17N3O5/c1-3-15(9-12(17)21-4-2)13(18)14-10-5-7-11(8-6-10)16(19)20/h5-8H,3-4,9H2,1-2H3,(H,14,18). The number of amides is 2. The van der Waals surface area contributed by atoms with E-state index in [9.17, 15) is 19.7 Å². The first-order chi connectivity index (χ1) is 9.97. The normalized spacial score (nSPS) is 9.81. The molecule has 0 aromatic heterocycles. The van der Waals surface area contributed by atoms with E-state index in [4.69, 9.17) is 4.74 Å². The summed E-state index contributed by atoms with van der Waals surface area (Å²) in [4.78, 5) is 34.6. The van der Waals surface area contributed by atoms with Crippen molar-refractivity contribution in [2.45, 2.75) is 13.8 Å². The maximum atomic E-state index is 12.0. The first-order valence-corrected chi connectivity index (χ1v) is 6.43. The van der Waals surface area contributed by atoms with Crippen molar-refractivity contribution in [1.82, 2.24) is 4.90 Å². The molecule has 1 rings (SSSR count). The van der Waals surface area contributed by atoms with Gasteiger partial charge in [0.25, 0.3) is 5.69 Å². The lowest BCUT2D eigenvalue weighted by molar-refractivity contribution is -0.384. The van der Waals surface area contributed by atoms with Crippen LogP contribution in [0.25, 0.3) is 0 Å². The summed E-state index contributed by atoms with van der Waals surface area (Å²) in [5.41, 5.74) is 0.347. The number of carbonyl (C=O) groups is 2. The van der Waals surface area contributed by atoms with Crippen molar-refractivity contribution in [2.24, 2.45) is 0 Å². The highest BCUT2D eigenvalue weighted by atomic mass is 16.6. The second-order valence-electron chi connectivity index (χ2n) is 4.05. The number of rotatable bonds is 6. The van der Waals surface area contributed by atoms with Crippen LogP contribution < -0.4 is 5.32 Å². The van der Waals surface area contributed by atoms with Gasteiger partial charge in [0.15, 0.2) is 0 Å². The molecule has 0 saturated carbocycles. The van der Waals surface area contributed by atoms with Crippen LogP contribution in [0.15, 0.2) is 24.3 Å². The maximum Gasteiger partial charge on any atom is 0.325 e. The Morgan fingerprint density at radius 2 is 1.90 bits per heavy atom. The van der Waals surface area contributed by atoms with Crippen LogP contribution in [-0.4, -0.2) is 41.5 Å². The Kier molecular flexibility index (Phi) is 6.12. The van der Waals surface area contributed by atoms with Crippen LogP contribution in [-0.2, 0) is 9.53 Å². The van der Waals surface area contributed by atoms with E-state index < -0.39 is 16.9 Å². The van der Waals surface area contributed by atoms with Crippen LogP contribution in [0.4, 0.5) is 16.2 Å². The zero-order valence-electron chi connectivity index (χ0n) is 11.9. The molecule has 0 radical (unpaired) electrons. The molecule has 8 nitrogen and oxygen atoms in total. The second kappa shape index (κ2) is 7.83.